The lowest BCUT2D eigenvalue weighted by Gasteiger charge is -2.35. The summed E-state index contributed by atoms with van der Waals surface area (Å²) >= 11 is 3.51. The maximum Gasteiger partial charge on any atom is 0.0410 e. The van der Waals surface area contributed by atoms with Crippen molar-refractivity contribution in [1.29, 1.82) is 0 Å². The first-order chi connectivity index (χ1) is 8.81. The molecule has 0 unspecified atom stereocenters. The van der Waals surface area contributed by atoms with Crippen molar-refractivity contribution in [3.8, 4) is 0 Å². The van der Waals surface area contributed by atoms with Crippen molar-refractivity contribution in [3.63, 3.8) is 0 Å². The van der Waals surface area contributed by atoms with Crippen LogP contribution in [0, 0.1) is 0 Å². The van der Waals surface area contributed by atoms with E-state index >= 15 is 0 Å². The number of pyridine rings is 1. The first kappa shape index (κ1) is 13.7. The van der Waals surface area contributed by atoms with Crippen molar-refractivity contribution in [1.82, 2.24) is 15.2 Å². The van der Waals surface area contributed by atoms with Crippen molar-refractivity contribution in [2.45, 2.75) is 18.9 Å². The van der Waals surface area contributed by atoms with E-state index in [1.807, 2.05) is 18.5 Å². The second-order valence-electron chi connectivity index (χ2n) is 4.60. The second kappa shape index (κ2) is 7.02. The predicted octanol–water partition coefficient (Wildman–Crippen LogP) is 2.76. The molecule has 4 heteroatoms. The van der Waals surface area contributed by atoms with Crippen molar-refractivity contribution in [3.05, 3.63) is 41.2 Å². The van der Waals surface area contributed by atoms with E-state index in [2.05, 4.69) is 43.8 Å². The van der Waals surface area contributed by atoms with Crippen LogP contribution in [0.3, 0.4) is 0 Å². The molecule has 1 fully saturated rings. The molecule has 1 saturated heterocycles. The van der Waals surface area contributed by atoms with Gasteiger partial charge in [0.2, 0.25) is 0 Å². The fourth-order valence-corrected chi connectivity index (χ4v) is 2.82. The highest BCUT2D eigenvalue weighted by atomic mass is 79.9. The van der Waals surface area contributed by atoms with Crippen LogP contribution in [0.2, 0.25) is 0 Å². The number of hydrogen-bond donors (Lipinski definition) is 1. The zero-order valence-electron chi connectivity index (χ0n) is 10.6. The van der Waals surface area contributed by atoms with Crippen LogP contribution in [0.15, 0.2) is 35.6 Å². The summed E-state index contributed by atoms with van der Waals surface area (Å²) < 4.78 is 1.05. The van der Waals surface area contributed by atoms with E-state index in [-0.39, 0.29) is 0 Å². The Morgan fingerprint density at radius 1 is 1.44 bits per heavy atom. The van der Waals surface area contributed by atoms with E-state index in [9.17, 15) is 0 Å². The van der Waals surface area contributed by atoms with E-state index in [0.717, 1.165) is 43.5 Å². The van der Waals surface area contributed by atoms with Crippen molar-refractivity contribution in [2.75, 3.05) is 26.2 Å². The summed E-state index contributed by atoms with van der Waals surface area (Å²) in [4.78, 5) is 6.84. The molecule has 0 spiro atoms. The Kier molecular flexibility index (Phi) is 5.35. The van der Waals surface area contributed by atoms with Crippen molar-refractivity contribution < 1.29 is 0 Å². The summed E-state index contributed by atoms with van der Waals surface area (Å²) in [7, 11) is 0. The number of hydrogen-bond acceptors (Lipinski definition) is 3. The summed E-state index contributed by atoms with van der Waals surface area (Å²) in [5, 5.41) is 3.40. The molecule has 2 rings (SSSR count). The van der Waals surface area contributed by atoms with Gasteiger partial charge in [0.15, 0.2) is 0 Å². The topological polar surface area (TPSA) is 28.2 Å². The molecule has 0 radical (unpaired) electrons. The first-order valence-electron chi connectivity index (χ1n) is 6.47. The molecule has 1 N–H and O–H groups in total. The van der Waals surface area contributed by atoms with Gasteiger partial charge >= 0.3 is 0 Å². The minimum atomic E-state index is 0.454. The number of rotatable bonds is 5. The molecule has 18 heavy (non-hydrogen) atoms. The zero-order valence-corrected chi connectivity index (χ0v) is 12.2. The average Bonchev–Trinajstić information content (AvgIpc) is 2.40. The normalized spacial score (nSPS) is 18.5. The third kappa shape index (κ3) is 3.64. The Morgan fingerprint density at radius 3 is 2.89 bits per heavy atom. The van der Waals surface area contributed by atoms with Gasteiger partial charge in [-0.3, -0.25) is 9.88 Å². The molecule has 98 valence electrons. The minimum Gasteiger partial charge on any atom is -0.314 e. The Bertz CT molecular complexity index is 388. The number of halogens is 1. The Balaban J connectivity index is 2.15. The van der Waals surface area contributed by atoms with E-state index in [1.54, 1.807) is 0 Å². The molecule has 0 aromatic carbocycles. The summed E-state index contributed by atoms with van der Waals surface area (Å²) in [6, 6.07) is 2.64. The molecule has 1 atom stereocenters. The number of nitrogens with one attached hydrogen (secondary N) is 1. The lowest BCUT2D eigenvalue weighted by Crippen LogP contribution is -2.45. The maximum atomic E-state index is 4.29. The molecule has 2 heterocycles. The zero-order chi connectivity index (χ0) is 12.8. The van der Waals surface area contributed by atoms with E-state index < -0.39 is 0 Å². The van der Waals surface area contributed by atoms with Gasteiger partial charge in [-0.05, 0) is 40.4 Å². The standard InChI is InChI=1S/C14H20BrN3/c1-2-3-4-14(18-7-5-16-6-8-18)12-9-13(15)11-17-10-12/h2,9-11,14,16H,1,3-8H2/t14-/m0/s1. The van der Waals surface area contributed by atoms with Crippen molar-refractivity contribution >= 4 is 15.9 Å². The number of aromatic nitrogens is 1. The molecule has 3 nitrogen and oxygen atoms in total. The molecule has 1 aromatic rings. The molecule has 1 aromatic heterocycles. The highest BCUT2D eigenvalue weighted by molar-refractivity contribution is 9.10. The van der Waals surface area contributed by atoms with Gasteiger partial charge in [0.1, 0.15) is 0 Å². The highest BCUT2D eigenvalue weighted by Gasteiger charge is 2.21. The van der Waals surface area contributed by atoms with Crippen LogP contribution in [0.1, 0.15) is 24.4 Å². The van der Waals surface area contributed by atoms with Crippen LogP contribution >= 0.6 is 15.9 Å². The van der Waals surface area contributed by atoms with Gasteiger partial charge in [0, 0.05) is 49.1 Å². The summed E-state index contributed by atoms with van der Waals surface area (Å²) in [5.74, 6) is 0. The third-order valence-electron chi connectivity index (χ3n) is 3.35. The number of piperazine rings is 1. The molecule has 0 aliphatic carbocycles. The lowest BCUT2D eigenvalue weighted by molar-refractivity contribution is 0.166. The first-order valence-corrected chi connectivity index (χ1v) is 7.26. The van der Waals surface area contributed by atoms with Gasteiger partial charge < -0.3 is 5.32 Å². The molecular weight excluding hydrogens is 290 g/mol. The monoisotopic (exact) mass is 309 g/mol. The van der Waals surface area contributed by atoms with E-state index in [0.29, 0.717) is 6.04 Å². The van der Waals surface area contributed by atoms with Crippen LogP contribution in [0.5, 0.6) is 0 Å². The van der Waals surface area contributed by atoms with Gasteiger partial charge in [-0.1, -0.05) is 6.08 Å². The molecule has 0 amide bonds. The predicted molar refractivity (Wildman–Crippen MR) is 78.6 cm³/mol. The van der Waals surface area contributed by atoms with Crippen molar-refractivity contribution in [2.24, 2.45) is 0 Å². The summed E-state index contributed by atoms with van der Waals surface area (Å²) in [6.45, 7) is 8.20. The molecule has 0 saturated carbocycles. The lowest BCUT2D eigenvalue weighted by atomic mass is 10.0. The van der Waals surface area contributed by atoms with Crippen LogP contribution in [-0.2, 0) is 0 Å². The molecule has 0 bridgehead atoms. The van der Waals surface area contributed by atoms with Gasteiger partial charge in [-0.25, -0.2) is 0 Å². The van der Waals surface area contributed by atoms with Crippen LogP contribution in [-0.4, -0.2) is 36.1 Å². The fraction of sp³-hybridized carbons (Fsp3) is 0.500. The van der Waals surface area contributed by atoms with Gasteiger partial charge in [0.25, 0.3) is 0 Å². The minimum absolute atomic E-state index is 0.454. The quantitative estimate of drug-likeness (QED) is 0.848. The average molecular weight is 310 g/mol. The van der Waals surface area contributed by atoms with Gasteiger partial charge in [-0.2, -0.15) is 0 Å². The summed E-state index contributed by atoms with van der Waals surface area (Å²) in [6.07, 6.45) is 7.98. The molecule has 1 aliphatic rings. The largest absolute Gasteiger partial charge is 0.314 e. The molecule has 1 aliphatic heterocycles. The van der Waals surface area contributed by atoms with Crippen LogP contribution < -0.4 is 5.32 Å². The van der Waals surface area contributed by atoms with Crippen LogP contribution in [0.4, 0.5) is 0 Å². The number of allylic oxidation sites excluding steroid dienone is 1. The third-order valence-corrected chi connectivity index (χ3v) is 3.78. The Hall–Kier alpha value is -0.710. The van der Waals surface area contributed by atoms with Crippen LogP contribution in [0.25, 0.3) is 0 Å². The Labute approximate surface area is 117 Å². The molecular formula is C14H20BrN3. The smallest absolute Gasteiger partial charge is 0.0410 e. The maximum absolute atomic E-state index is 4.29. The van der Waals surface area contributed by atoms with Gasteiger partial charge in [-0.15, -0.1) is 6.58 Å². The van der Waals surface area contributed by atoms with E-state index in [4.69, 9.17) is 0 Å². The van der Waals surface area contributed by atoms with Gasteiger partial charge in [0.05, 0.1) is 0 Å². The fourth-order valence-electron chi connectivity index (χ4n) is 2.44. The SMILES string of the molecule is C=CCC[C@@H](c1cncc(Br)c1)N1CCNCC1. The second-order valence-corrected chi connectivity index (χ2v) is 5.52. The Morgan fingerprint density at radius 2 is 2.22 bits per heavy atom. The van der Waals surface area contributed by atoms with E-state index in [1.165, 1.54) is 5.56 Å². The summed E-state index contributed by atoms with van der Waals surface area (Å²) in [5.41, 5.74) is 1.30. The highest BCUT2D eigenvalue weighted by Crippen LogP contribution is 2.27. The number of nitrogens with zero attached hydrogens (tertiary/aromatic N) is 2.